The molecule has 4 aromatic rings. The van der Waals surface area contributed by atoms with Gasteiger partial charge in [-0.25, -0.2) is 23.2 Å². The zero-order valence-corrected chi connectivity index (χ0v) is 25.1. The summed E-state index contributed by atoms with van der Waals surface area (Å²) < 4.78 is 47.4. The molecule has 42 heavy (non-hydrogen) atoms. The van der Waals surface area contributed by atoms with Gasteiger partial charge in [-0.1, -0.05) is 12.1 Å². The number of thiophene rings is 1. The number of ether oxygens (including phenoxy) is 1. The average molecular weight is 615 g/mol. The second-order valence-electron chi connectivity index (χ2n) is 10.6. The minimum Gasteiger partial charge on any atom is -0.378 e. The Bertz CT molecular complexity index is 1610. The lowest BCUT2D eigenvalue weighted by Crippen LogP contribution is -2.47. The highest BCUT2D eigenvalue weighted by molar-refractivity contribution is 7.88. The molecule has 2 fully saturated rings. The summed E-state index contributed by atoms with van der Waals surface area (Å²) in [5.74, 6) is 1.15. The molecule has 2 aliphatic heterocycles. The van der Waals surface area contributed by atoms with Crippen LogP contribution in [0.4, 0.5) is 16.2 Å². The molecule has 11 nitrogen and oxygen atoms in total. The van der Waals surface area contributed by atoms with Crippen LogP contribution in [0.25, 0.3) is 10.2 Å². The summed E-state index contributed by atoms with van der Waals surface area (Å²) in [6.45, 7) is 7.17. The fourth-order valence-electron chi connectivity index (χ4n) is 5.29. The predicted molar refractivity (Wildman–Crippen MR) is 163 cm³/mol. The van der Waals surface area contributed by atoms with Gasteiger partial charge in [0.05, 0.1) is 36.2 Å². The summed E-state index contributed by atoms with van der Waals surface area (Å²) >= 11 is 1.70. The first-order valence-corrected chi connectivity index (χ1v) is 16.7. The molecular weight excluding hydrogens is 579 g/mol. The number of rotatable bonds is 10. The minimum atomic E-state index is -3.16. The molecule has 2 saturated heterocycles. The van der Waals surface area contributed by atoms with Crippen LogP contribution >= 0.6 is 11.3 Å². The number of nitrogens with zero attached hydrogens (tertiary/aromatic N) is 6. The summed E-state index contributed by atoms with van der Waals surface area (Å²) in [6, 6.07) is 12.7. The van der Waals surface area contributed by atoms with Crippen molar-refractivity contribution in [3.05, 3.63) is 70.6 Å². The van der Waals surface area contributed by atoms with Crippen molar-refractivity contribution in [1.82, 2.24) is 29.2 Å². The number of hydrogen-bond donors (Lipinski definition) is 2. The first kappa shape index (κ1) is 29.0. The van der Waals surface area contributed by atoms with E-state index in [1.165, 1.54) is 23.3 Å². The van der Waals surface area contributed by atoms with Crippen LogP contribution in [0.3, 0.4) is 0 Å². The highest BCUT2D eigenvalue weighted by atomic mass is 32.2. The highest BCUT2D eigenvalue weighted by Crippen LogP contribution is 2.34. The van der Waals surface area contributed by atoms with Gasteiger partial charge >= 0.3 is 0 Å². The van der Waals surface area contributed by atoms with Gasteiger partial charge in [0.1, 0.15) is 5.82 Å². The van der Waals surface area contributed by atoms with Crippen molar-refractivity contribution < 1.29 is 17.5 Å². The highest BCUT2D eigenvalue weighted by Gasteiger charge is 2.25. The molecule has 1 aromatic carbocycles. The number of piperazine rings is 1. The molecule has 0 amide bonds. The summed E-state index contributed by atoms with van der Waals surface area (Å²) in [7, 11) is -3.16. The standard InChI is InChI=1S/C28H35FN8O3S2/c1-42(38,39)37-11-9-34(10-12-37)20-24-17-25-26(41-24)27(35-13-15-40-16-14-35)32-28(31-25)33-30-18-23-3-2-8-36(23)19-21-4-6-22(29)7-5-21/h2-8,17,30H,9-16,18-20H2,1H3,(H,31,32,33). The Morgan fingerprint density at radius 3 is 2.50 bits per heavy atom. The largest absolute Gasteiger partial charge is 0.378 e. The summed E-state index contributed by atoms with van der Waals surface area (Å²) in [6.07, 6.45) is 3.28. The number of anilines is 2. The Balaban J connectivity index is 1.15. The number of morpholine rings is 1. The molecule has 224 valence electrons. The molecule has 0 aliphatic carbocycles. The smallest absolute Gasteiger partial charge is 0.239 e. The number of hydrogen-bond acceptors (Lipinski definition) is 10. The van der Waals surface area contributed by atoms with Gasteiger partial charge in [0.25, 0.3) is 0 Å². The SMILES string of the molecule is CS(=O)(=O)N1CCN(Cc2cc3nc(NNCc4cccn4Cc4ccc(F)cc4)nc(N4CCOCC4)c3s2)CC1. The number of fused-ring (bicyclic) bond motifs is 1. The molecule has 14 heteroatoms. The van der Waals surface area contributed by atoms with Crippen molar-refractivity contribution in [2.45, 2.75) is 19.6 Å². The molecule has 0 spiro atoms. The zero-order valence-electron chi connectivity index (χ0n) is 23.5. The quantitative estimate of drug-likeness (QED) is 0.261. The van der Waals surface area contributed by atoms with Crippen molar-refractivity contribution in [2.75, 3.05) is 69.1 Å². The predicted octanol–water partition coefficient (Wildman–Crippen LogP) is 2.71. The number of halogens is 1. The van der Waals surface area contributed by atoms with Crippen LogP contribution in [0, 0.1) is 5.82 Å². The molecule has 0 bridgehead atoms. The monoisotopic (exact) mass is 614 g/mol. The molecule has 0 radical (unpaired) electrons. The first-order chi connectivity index (χ1) is 20.3. The van der Waals surface area contributed by atoms with Crippen molar-refractivity contribution in [2.24, 2.45) is 0 Å². The molecule has 2 aliphatic rings. The number of benzene rings is 1. The molecule has 5 heterocycles. The lowest BCUT2D eigenvalue weighted by molar-refractivity contribution is 0.122. The molecule has 0 saturated carbocycles. The topological polar surface area (TPSA) is 108 Å². The van der Waals surface area contributed by atoms with E-state index in [0.29, 0.717) is 58.4 Å². The fraction of sp³-hybridized carbons (Fsp3) is 0.429. The van der Waals surface area contributed by atoms with Gasteiger partial charge in [0, 0.05) is 69.1 Å². The molecule has 0 atom stereocenters. The van der Waals surface area contributed by atoms with E-state index in [9.17, 15) is 12.8 Å². The summed E-state index contributed by atoms with van der Waals surface area (Å²) in [5.41, 5.74) is 9.44. The van der Waals surface area contributed by atoms with E-state index in [1.807, 2.05) is 18.3 Å². The van der Waals surface area contributed by atoms with E-state index in [0.717, 1.165) is 46.9 Å². The van der Waals surface area contributed by atoms with Crippen molar-refractivity contribution in [3.8, 4) is 0 Å². The Morgan fingerprint density at radius 2 is 1.76 bits per heavy atom. The fourth-order valence-corrected chi connectivity index (χ4v) is 7.27. The third-order valence-corrected chi connectivity index (χ3v) is 9.96. The van der Waals surface area contributed by atoms with Crippen LogP contribution in [-0.2, 0) is 34.4 Å². The van der Waals surface area contributed by atoms with Gasteiger partial charge in [-0.2, -0.15) is 9.29 Å². The molecular formula is C28H35FN8O3S2. The van der Waals surface area contributed by atoms with Crippen LogP contribution in [-0.4, -0.2) is 90.9 Å². The average Bonchev–Trinajstić information content (AvgIpc) is 3.60. The molecule has 6 rings (SSSR count). The second kappa shape index (κ2) is 12.6. The first-order valence-electron chi connectivity index (χ1n) is 14.0. The normalized spacial score (nSPS) is 17.2. The second-order valence-corrected chi connectivity index (χ2v) is 13.7. The van der Waals surface area contributed by atoms with E-state index >= 15 is 0 Å². The maximum absolute atomic E-state index is 13.3. The van der Waals surface area contributed by atoms with Gasteiger partial charge in [0.2, 0.25) is 16.0 Å². The maximum atomic E-state index is 13.3. The van der Waals surface area contributed by atoms with Crippen LogP contribution in [0.5, 0.6) is 0 Å². The van der Waals surface area contributed by atoms with Crippen molar-refractivity contribution in [1.29, 1.82) is 0 Å². The molecule has 2 N–H and O–H groups in total. The van der Waals surface area contributed by atoms with Crippen LogP contribution < -0.4 is 15.8 Å². The van der Waals surface area contributed by atoms with Crippen LogP contribution in [0.15, 0.2) is 48.7 Å². The van der Waals surface area contributed by atoms with E-state index in [4.69, 9.17) is 14.7 Å². The summed E-state index contributed by atoms with van der Waals surface area (Å²) in [4.78, 5) is 15.4. The Labute approximate surface area is 248 Å². The number of nitrogens with one attached hydrogen (secondary N) is 2. The number of sulfonamides is 1. The molecule has 3 aromatic heterocycles. The van der Waals surface area contributed by atoms with E-state index in [1.54, 1.807) is 27.8 Å². The third kappa shape index (κ3) is 6.90. The number of hydrazine groups is 1. The van der Waals surface area contributed by atoms with Gasteiger partial charge in [-0.05, 0) is 35.9 Å². The van der Waals surface area contributed by atoms with E-state index < -0.39 is 10.0 Å². The van der Waals surface area contributed by atoms with Crippen LogP contribution in [0.2, 0.25) is 0 Å². The Kier molecular flexibility index (Phi) is 8.70. The van der Waals surface area contributed by atoms with Gasteiger partial charge < -0.3 is 14.2 Å². The maximum Gasteiger partial charge on any atom is 0.239 e. The lowest BCUT2D eigenvalue weighted by Gasteiger charge is -2.32. The van der Waals surface area contributed by atoms with Crippen molar-refractivity contribution >= 4 is 43.3 Å². The van der Waals surface area contributed by atoms with Crippen molar-refractivity contribution in [3.63, 3.8) is 0 Å². The number of aromatic nitrogens is 3. The lowest BCUT2D eigenvalue weighted by atomic mass is 10.2. The molecule has 0 unspecified atom stereocenters. The Morgan fingerprint density at radius 1 is 1.00 bits per heavy atom. The van der Waals surface area contributed by atoms with E-state index in [2.05, 4.69) is 31.3 Å². The van der Waals surface area contributed by atoms with Crippen LogP contribution in [0.1, 0.15) is 16.1 Å². The third-order valence-electron chi connectivity index (χ3n) is 7.55. The van der Waals surface area contributed by atoms with Gasteiger partial charge in [-0.3, -0.25) is 10.3 Å². The Hall–Kier alpha value is -3.14. The zero-order chi connectivity index (χ0) is 29.1. The van der Waals surface area contributed by atoms with Gasteiger partial charge in [0.15, 0.2) is 5.82 Å². The van der Waals surface area contributed by atoms with Gasteiger partial charge in [-0.15, -0.1) is 11.3 Å². The minimum absolute atomic E-state index is 0.240. The summed E-state index contributed by atoms with van der Waals surface area (Å²) in [5, 5.41) is 0. The van der Waals surface area contributed by atoms with E-state index in [-0.39, 0.29) is 5.82 Å².